The van der Waals surface area contributed by atoms with E-state index in [1.165, 1.54) is 7.11 Å². The summed E-state index contributed by atoms with van der Waals surface area (Å²) in [7, 11) is 1.22. The molecule has 0 aliphatic rings. The van der Waals surface area contributed by atoms with E-state index >= 15 is 0 Å². The first-order chi connectivity index (χ1) is 6.47. The number of ether oxygens (including phenoxy) is 1. The Morgan fingerprint density at radius 3 is 2.50 bits per heavy atom. The molecule has 0 aliphatic heterocycles. The van der Waals surface area contributed by atoms with E-state index in [0.29, 0.717) is 12.0 Å². The zero-order valence-electron chi connectivity index (χ0n) is 7.26. The normalized spacial score (nSPS) is 11.9. The molecule has 0 rings (SSSR count). The second kappa shape index (κ2) is 6.35. The van der Waals surface area contributed by atoms with E-state index in [1.54, 1.807) is 0 Å². The first kappa shape index (κ1) is 12.9. The topological polar surface area (TPSA) is 116 Å². The van der Waals surface area contributed by atoms with Crippen molar-refractivity contribution < 1.29 is 28.4 Å². The third kappa shape index (κ3) is 5.51. The molecule has 0 amide bonds. The number of nitrogens with two attached hydrogens (primary N) is 1. The van der Waals surface area contributed by atoms with Gasteiger partial charge < -0.3 is 19.8 Å². The second-order valence-corrected chi connectivity index (χ2v) is 2.96. The monoisotopic (exact) mass is 223 g/mol. The average Bonchev–Trinajstić information content (AvgIpc) is 2.02. The summed E-state index contributed by atoms with van der Waals surface area (Å²) in [6.45, 7) is 0. The number of carbonyl (C=O) groups excluding carboxylic acids is 2. The van der Waals surface area contributed by atoms with Crippen LogP contribution in [0.4, 0.5) is 4.79 Å². The van der Waals surface area contributed by atoms with E-state index < -0.39 is 29.7 Å². The molecule has 0 fully saturated rings. The lowest BCUT2D eigenvalue weighted by Gasteiger charge is -2.06. The standard InChI is InChI=1S/C6H9NO6S/c1-12-14-6(11)13-5(10)3(7)2-4(8)9/h3H,2,7H2,1H3,(H,8,9). The molecule has 8 heteroatoms. The quantitative estimate of drug-likeness (QED) is 0.380. The summed E-state index contributed by atoms with van der Waals surface area (Å²) in [6, 6.07) is -1.35. The molecule has 0 saturated carbocycles. The van der Waals surface area contributed by atoms with Crippen LogP contribution < -0.4 is 5.73 Å². The first-order valence-corrected chi connectivity index (χ1v) is 4.15. The molecule has 0 aromatic rings. The Morgan fingerprint density at radius 2 is 2.07 bits per heavy atom. The molecule has 7 nitrogen and oxygen atoms in total. The Kier molecular flexibility index (Phi) is 5.84. The zero-order valence-corrected chi connectivity index (χ0v) is 8.08. The Hall–Kier alpha value is -1.12. The molecule has 0 heterocycles. The van der Waals surface area contributed by atoms with Crippen LogP contribution in [0.2, 0.25) is 0 Å². The van der Waals surface area contributed by atoms with Gasteiger partial charge >= 0.3 is 17.2 Å². The number of esters is 1. The highest BCUT2D eigenvalue weighted by molar-refractivity contribution is 8.09. The van der Waals surface area contributed by atoms with Crippen molar-refractivity contribution in [2.24, 2.45) is 5.73 Å². The van der Waals surface area contributed by atoms with Gasteiger partial charge in [-0.25, -0.2) is 9.59 Å². The maximum Gasteiger partial charge on any atom is 0.402 e. The van der Waals surface area contributed by atoms with Crippen molar-refractivity contribution in [3.05, 3.63) is 0 Å². The summed E-state index contributed by atoms with van der Waals surface area (Å²) < 4.78 is 8.42. The van der Waals surface area contributed by atoms with Crippen molar-refractivity contribution in [3.8, 4) is 0 Å². The van der Waals surface area contributed by atoms with Crippen LogP contribution in [0.25, 0.3) is 0 Å². The number of rotatable bonds is 4. The first-order valence-electron chi connectivity index (χ1n) is 3.41. The lowest BCUT2D eigenvalue weighted by Crippen LogP contribution is -2.35. The minimum Gasteiger partial charge on any atom is -0.481 e. The van der Waals surface area contributed by atoms with Crippen molar-refractivity contribution in [1.29, 1.82) is 0 Å². The molecule has 3 N–H and O–H groups in total. The van der Waals surface area contributed by atoms with Gasteiger partial charge in [-0.05, 0) is 0 Å². The summed E-state index contributed by atoms with van der Waals surface area (Å²) in [6.07, 6.45) is -0.593. The van der Waals surface area contributed by atoms with Crippen molar-refractivity contribution >= 4 is 29.3 Å². The smallest absolute Gasteiger partial charge is 0.402 e. The van der Waals surface area contributed by atoms with Gasteiger partial charge in [0.2, 0.25) is 0 Å². The maximum absolute atomic E-state index is 10.9. The number of carboxylic acid groups (broad SMARTS) is 1. The van der Waals surface area contributed by atoms with E-state index in [9.17, 15) is 14.4 Å². The van der Waals surface area contributed by atoms with Gasteiger partial charge in [-0.2, -0.15) is 0 Å². The maximum atomic E-state index is 10.9. The fourth-order valence-corrected chi connectivity index (χ4v) is 0.767. The van der Waals surface area contributed by atoms with Gasteiger partial charge in [0.25, 0.3) is 0 Å². The second-order valence-electron chi connectivity index (χ2n) is 2.13. The van der Waals surface area contributed by atoms with Crippen molar-refractivity contribution in [2.45, 2.75) is 12.5 Å². The van der Waals surface area contributed by atoms with E-state index in [-0.39, 0.29) is 0 Å². The van der Waals surface area contributed by atoms with Crippen molar-refractivity contribution in [2.75, 3.05) is 7.11 Å². The predicted molar refractivity (Wildman–Crippen MR) is 46.3 cm³/mol. The number of carbonyl (C=O) groups is 3. The van der Waals surface area contributed by atoms with Crippen LogP contribution in [0, 0.1) is 0 Å². The third-order valence-corrected chi connectivity index (χ3v) is 1.42. The molecule has 0 saturated heterocycles. The van der Waals surface area contributed by atoms with Gasteiger partial charge in [-0.1, -0.05) is 0 Å². The zero-order chi connectivity index (χ0) is 11.1. The summed E-state index contributed by atoms with van der Waals surface area (Å²) in [5, 5.41) is 7.28. The fourth-order valence-electron chi connectivity index (χ4n) is 0.514. The largest absolute Gasteiger partial charge is 0.481 e. The van der Waals surface area contributed by atoms with E-state index in [1.807, 2.05) is 0 Å². The molecule has 0 aromatic carbocycles. The summed E-state index contributed by atoms with van der Waals surface area (Å²) in [5.74, 6) is -2.34. The Morgan fingerprint density at radius 1 is 1.50 bits per heavy atom. The van der Waals surface area contributed by atoms with Gasteiger partial charge in [0.15, 0.2) is 0 Å². The highest BCUT2D eigenvalue weighted by Gasteiger charge is 2.21. The minimum atomic E-state index is -1.35. The fraction of sp³-hybridized carbons (Fsp3) is 0.500. The molecule has 0 bridgehead atoms. The van der Waals surface area contributed by atoms with Crippen LogP contribution in [0.5, 0.6) is 0 Å². The van der Waals surface area contributed by atoms with E-state index in [0.717, 1.165) is 0 Å². The predicted octanol–water partition coefficient (Wildman–Crippen LogP) is -0.254. The van der Waals surface area contributed by atoms with Crippen LogP contribution in [-0.2, 0) is 18.5 Å². The Bertz CT molecular complexity index is 242. The summed E-state index contributed by atoms with van der Waals surface area (Å²) in [5.41, 5.74) is 5.10. The third-order valence-electron chi connectivity index (χ3n) is 1.03. The van der Waals surface area contributed by atoms with Gasteiger partial charge in [0.1, 0.15) is 18.1 Å². The van der Waals surface area contributed by atoms with E-state index in [2.05, 4.69) is 8.92 Å². The van der Waals surface area contributed by atoms with Crippen LogP contribution in [0.15, 0.2) is 0 Å². The van der Waals surface area contributed by atoms with Crippen molar-refractivity contribution in [3.63, 3.8) is 0 Å². The molecule has 0 spiro atoms. The molecular formula is C6H9NO6S. The van der Waals surface area contributed by atoms with Crippen LogP contribution in [-0.4, -0.2) is 35.5 Å². The Labute approximate surface area is 83.7 Å². The summed E-state index contributed by atoms with van der Waals surface area (Å²) in [4.78, 5) is 31.6. The molecule has 14 heavy (non-hydrogen) atoms. The molecule has 1 atom stereocenters. The summed E-state index contributed by atoms with van der Waals surface area (Å²) >= 11 is 0.311. The lowest BCUT2D eigenvalue weighted by molar-refractivity contribution is -0.144. The molecule has 1 unspecified atom stereocenters. The number of aliphatic carboxylic acids is 1. The van der Waals surface area contributed by atoms with Crippen molar-refractivity contribution in [1.82, 2.24) is 0 Å². The highest BCUT2D eigenvalue weighted by Crippen LogP contribution is 2.06. The number of hydrogen-bond acceptors (Lipinski definition) is 7. The molecule has 0 radical (unpaired) electrons. The highest BCUT2D eigenvalue weighted by atomic mass is 32.2. The lowest BCUT2D eigenvalue weighted by atomic mass is 10.2. The number of hydrogen-bond donors (Lipinski definition) is 2. The SMILES string of the molecule is COSC(=O)OC(=O)C(N)CC(=O)O. The van der Waals surface area contributed by atoms with Crippen LogP contribution in [0.1, 0.15) is 6.42 Å². The Balaban J connectivity index is 3.95. The van der Waals surface area contributed by atoms with Crippen LogP contribution in [0.3, 0.4) is 0 Å². The molecule has 0 aliphatic carbocycles. The average molecular weight is 223 g/mol. The molecule has 0 aromatic heterocycles. The van der Waals surface area contributed by atoms with Crippen LogP contribution >= 0.6 is 12.0 Å². The molecular weight excluding hydrogens is 214 g/mol. The van der Waals surface area contributed by atoms with E-state index in [4.69, 9.17) is 10.8 Å². The number of carboxylic acids is 1. The van der Waals surface area contributed by atoms with Gasteiger partial charge in [-0.15, -0.1) is 0 Å². The van der Waals surface area contributed by atoms with Gasteiger partial charge in [-0.3, -0.25) is 4.79 Å². The van der Waals surface area contributed by atoms with Gasteiger partial charge in [0, 0.05) is 0 Å². The van der Waals surface area contributed by atoms with Gasteiger partial charge in [0.05, 0.1) is 13.5 Å². The molecule has 80 valence electrons. The minimum absolute atomic E-state index is 0.311.